The highest BCUT2D eigenvalue weighted by atomic mass is 35.5. The molecule has 4 nitrogen and oxygen atoms in total. The average molecular weight is 363 g/mol. The second-order valence-corrected chi connectivity index (χ2v) is 5.98. The molecule has 3 N–H and O–H groups in total. The van der Waals surface area contributed by atoms with E-state index in [0.29, 0.717) is 12.5 Å². The number of benzene rings is 2. The second kappa shape index (κ2) is 10.6. The van der Waals surface area contributed by atoms with Gasteiger partial charge in [-0.1, -0.05) is 44.2 Å². The number of carbonyl (C=O) groups is 1. The first-order chi connectivity index (χ1) is 11.6. The molecule has 1 atom stereocenters. The highest BCUT2D eigenvalue weighted by Crippen LogP contribution is 2.28. The van der Waals surface area contributed by atoms with Crippen molar-refractivity contribution >= 4 is 24.0 Å². The minimum absolute atomic E-state index is 0. The largest absolute Gasteiger partial charge is 0.483 e. The summed E-state index contributed by atoms with van der Waals surface area (Å²) in [5.41, 5.74) is 8.70. The molecule has 0 bridgehead atoms. The lowest BCUT2D eigenvalue weighted by atomic mass is 9.98. The van der Waals surface area contributed by atoms with Gasteiger partial charge in [0.05, 0.1) is 0 Å². The first-order valence-corrected chi connectivity index (χ1v) is 8.43. The third-order valence-electron chi connectivity index (χ3n) is 4.14. The summed E-state index contributed by atoms with van der Waals surface area (Å²) in [7, 11) is 0. The van der Waals surface area contributed by atoms with Gasteiger partial charge in [0, 0.05) is 12.2 Å². The molecule has 0 radical (unpaired) electrons. The first kappa shape index (κ1) is 20.8. The van der Waals surface area contributed by atoms with Crippen LogP contribution >= 0.6 is 12.4 Å². The molecule has 0 aliphatic rings. The van der Waals surface area contributed by atoms with Gasteiger partial charge in [-0.25, -0.2) is 0 Å². The predicted molar refractivity (Wildman–Crippen MR) is 105 cm³/mol. The number of hydrogen-bond donors (Lipinski definition) is 2. The number of nitrogens with one attached hydrogen (secondary N) is 1. The summed E-state index contributed by atoms with van der Waals surface area (Å²) >= 11 is 0. The molecule has 0 fully saturated rings. The number of amides is 1. The van der Waals surface area contributed by atoms with Crippen LogP contribution in [-0.2, 0) is 11.2 Å². The molecular formula is C20H27ClN2O2. The van der Waals surface area contributed by atoms with E-state index in [4.69, 9.17) is 10.5 Å². The van der Waals surface area contributed by atoms with Crippen LogP contribution in [0.2, 0.25) is 0 Å². The minimum atomic E-state index is -0.107. The lowest BCUT2D eigenvalue weighted by molar-refractivity contribution is -0.123. The minimum Gasteiger partial charge on any atom is -0.483 e. The molecular weight excluding hydrogens is 336 g/mol. The average Bonchev–Trinajstić information content (AvgIpc) is 2.61. The van der Waals surface area contributed by atoms with Crippen LogP contribution in [0.4, 0.5) is 5.69 Å². The molecule has 1 unspecified atom stereocenters. The quantitative estimate of drug-likeness (QED) is 0.699. The maximum atomic E-state index is 12.0. The van der Waals surface area contributed by atoms with Gasteiger partial charge in [-0.2, -0.15) is 0 Å². The number of rotatable bonds is 8. The van der Waals surface area contributed by atoms with E-state index in [-0.39, 0.29) is 24.9 Å². The van der Waals surface area contributed by atoms with Crippen molar-refractivity contribution in [3.05, 3.63) is 59.7 Å². The summed E-state index contributed by atoms with van der Waals surface area (Å²) in [6.45, 7) is 4.93. The molecule has 25 heavy (non-hydrogen) atoms. The first-order valence-electron chi connectivity index (χ1n) is 8.43. The number of para-hydroxylation sites is 1. The van der Waals surface area contributed by atoms with Crippen molar-refractivity contribution < 1.29 is 9.53 Å². The highest BCUT2D eigenvalue weighted by Gasteiger charge is 2.10. The fraction of sp³-hybridized carbons (Fsp3) is 0.350. The molecule has 2 aromatic carbocycles. The molecule has 0 aliphatic heterocycles. The van der Waals surface area contributed by atoms with E-state index in [2.05, 4.69) is 25.2 Å². The SMILES string of the molecule is CCC(C)c1ccccc1OCC(=O)NCCc1ccc(N)cc1.Cl. The molecule has 0 aliphatic carbocycles. The molecule has 2 rings (SSSR count). The van der Waals surface area contributed by atoms with Crippen LogP contribution in [0, 0.1) is 0 Å². The molecule has 0 aromatic heterocycles. The Labute approximate surface area is 156 Å². The molecule has 2 aromatic rings. The maximum absolute atomic E-state index is 12.0. The maximum Gasteiger partial charge on any atom is 0.257 e. The summed E-state index contributed by atoms with van der Waals surface area (Å²) in [6, 6.07) is 15.6. The Bertz CT molecular complexity index is 659. The van der Waals surface area contributed by atoms with E-state index in [1.54, 1.807) is 0 Å². The van der Waals surface area contributed by atoms with Crippen molar-refractivity contribution in [3.63, 3.8) is 0 Å². The van der Waals surface area contributed by atoms with Crippen molar-refractivity contribution in [2.75, 3.05) is 18.9 Å². The molecule has 136 valence electrons. The number of nitrogen functional groups attached to an aromatic ring is 1. The van der Waals surface area contributed by atoms with Crippen LogP contribution < -0.4 is 15.8 Å². The van der Waals surface area contributed by atoms with Crippen LogP contribution in [0.1, 0.15) is 37.3 Å². The zero-order valence-electron chi connectivity index (χ0n) is 14.8. The Morgan fingerprint density at radius 3 is 2.52 bits per heavy atom. The summed E-state index contributed by atoms with van der Waals surface area (Å²) in [5, 5.41) is 2.88. The van der Waals surface area contributed by atoms with Crippen molar-refractivity contribution in [3.8, 4) is 5.75 Å². The van der Waals surface area contributed by atoms with Gasteiger partial charge >= 0.3 is 0 Å². The Hall–Kier alpha value is -2.20. The van der Waals surface area contributed by atoms with Gasteiger partial charge in [0.25, 0.3) is 5.91 Å². The number of ether oxygens (including phenoxy) is 1. The Morgan fingerprint density at radius 1 is 1.16 bits per heavy atom. The fourth-order valence-corrected chi connectivity index (χ4v) is 2.46. The third kappa shape index (κ3) is 6.67. The summed E-state index contributed by atoms with van der Waals surface area (Å²) in [6.07, 6.45) is 1.81. The van der Waals surface area contributed by atoms with E-state index in [1.807, 2.05) is 42.5 Å². The van der Waals surface area contributed by atoms with Crippen LogP contribution in [0.3, 0.4) is 0 Å². The number of carbonyl (C=O) groups excluding carboxylic acids is 1. The van der Waals surface area contributed by atoms with Gasteiger partial charge in [0.15, 0.2) is 6.61 Å². The van der Waals surface area contributed by atoms with Gasteiger partial charge in [-0.05, 0) is 48.1 Å². The van der Waals surface area contributed by atoms with Crippen LogP contribution in [0.25, 0.3) is 0 Å². The van der Waals surface area contributed by atoms with Gasteiger partial charge in [0.1, 0.15) is 5.75 Å². The van der Waals surface area contributed by atoms with Crippen LogP contribution in [0.15, 0.2) is 48.5 Å². The van der Waals surface area contributed by atoms with Gasteiger partial charge in [-0.3, -0.25) is 4.79 Å². The normalized spacial score (nSPS) is 11.3. The fourth-order valence-electron chi connectivity index (χ4n) is 2.46. The Morgan fingerprint density at radius 2 is 1.84 bits per heavy atom. The molecule has 0 heterocycles. The van der Waals surface area contributed by atoms with E-state index in [1.165, 1.54) is 0 Å². The Kier molecular flexibility index (Phi) is 8.86. The summed E-state index contributed by atoms with van der Waals surface area (Å²) < 4.78 is 5.71. The standard InChI is InChI=1S/C20H26N2O2.ClH/c1-3-15(2)18-6-4-5-7-19(18)24-14-20(23)22-13-12-16-8-10-17(21)11-9-16;/h4-11,15H,3,12-14,21H2,1-2H3,(H,22,23);1H. The van der Waals surface area contributed by atoms with E-state index < -0.39 is 0 Å². The van der Waals surface area contributed by atoms with E-state index in [9.17, 15) is 4.79 Å². The lowest BCUT2D eigenvalue weighted by Crippen LogP contribution is -2.30. The van der Waals surface area contributed by atoms with Crippen LogP contribution in [-0.4, -0.2) is 19.1 Å². The number of halogens is 1. The molecule has 1 amide bonds. The summed E-state index contributed by atoms with van der Waals surface area (Å²) in [5.74, 6) is 1.10. The van der Waals surface area contributed by atoms with Gasteiger partial charge in [0.2, 0.25) is 0 Å². The number of hydrogen-bond acceptors (Lipinski definition) is 3. The van der Waals surface area contributed by atoms with Gasteiger partial charge in [-0.15, -0.1) is 12.4 Å². The van der Waals surface area contributed by atoms with Crippen molar-refractivity contribution in [2.45, 2.75) is 32.6 Å². The van der Waals surface area contributed by atoms with Crippen molar-refractivity contribution in [1.29, 1.82) is 0 Å². The third-order valence-corrected chi connectivity index (χ3v) is 4.14. The zero-order chi connectivity index (χ0) is 17.4. The smallest absolute Gasteiger partial charge is 0.257 e. The van der Waals surface area contributed by atoms with Crippen molar-refractivity contribution in [2.24, 2.45) is 0 Å². The molecule has 0 saturated heterocycles. The number of nitrogens with two attached hydrogens (primary N) is 1. The zero-order valence-corrected chi connectivity index (χ0v) is 15.6. The molecule has 0 saturated carbocycles. The monoisotopic (exact) mass is 362 g/mol. The number of anilines is 1. The molecule has 0 spiro atoms. The van der Waals surface area contributed by atoms with Crippen molar-refractivity contribution in [1.82, 2.24) is 5.32 Å². The topological polar surface area (TPSA) is 64.3 Å². The molecule has 5 heteroatoms. The second-order valence-electron chi connectivity index (χ2n) is 5.98. The summed E-state index contributed by atoms with van der Waals surface area (Å²) in [4.78, 5) is 12.0. The van der Waals surface area contributed by atoms with Gasteiger partial charge < -0.3 is 15.8 Å². The Balaban J connectivity index is 0.00000312. The lowest BCUT2D eigenvalue weighted by Gasteiger charge is -2.15. The highest BCUT2D eigenvalue weighted by molar-refractivity contribution is 5.85. The van der Waals surface area contributed by atoms with E-state index >= 15 is 0 Å². The van der Waals surface area contributed by atoms with E-state index in [0.717, 1.165) is 35.4 Å². The van der Waals surface area contributed by atoms with Crippen LogP contribution in [0.5, 0.6) is 5.75 Å². The predicted octanol–water partition coefficient (Wildman–Crippen LogP) is 3.94.